The molecule has 0 radical (unpaired) electrons. The quantitative estimate of drug-likeness (QED) is 0.765. The van der Waals surface area contributed by atoms with Gasteiger partial charge in [0.2, 0.25) is 11.8 Å². The van der Waals surface area contributed by atoms with E-state index in [0.29, 0.717) is 0 Å². The van der Waals surface area contributed by atoms with Gasteiger partial charge in [-0.3, -0.25) is 9.59 Å². The number of anilines is 1. The van der Waals surface area contributed by atoms with Crippen LogP contribution in [0.5, 0.6) is 0 Å². The van der Waals surface area contributed by atoms with Gasteiger partial charge in [0, 0.05) is 5.69 Å². The van der Waals surface area contributed by atoms with Crippen molar-refractivity contribution in [1.82, 2.24) is 5.32 Å². The summed E-state index contributed by atoms with van der Waals surface area (Å²) < 4.78 is 0. The highest BCUT2D eigenvalue weighted by Crippen LogP contribution is 2.12. The molecular weight excluding hydrogens is 266 g/mol. The minimum Gasteiger partial charge on any atom is -0.369 e. The van der Waals surface area contributed by atoms with E-state index in [1.54, 1.807) is 24.3 Å². The lowest BCUT2D eigenvalue weighted by molar-refractivity contribution is -0.118. The van der Waals surface area contributed by atoms with Crippen LogP contribution in [0.25, 0.3) is 0 Å². The van der Waals surface area contributed by atoms with Gasteiger partial charge in [0.1, 0.15) is 0 Å². The molecule has 2 amide bonds. The van der Waals surface area contributed by atoms with Crippen molar-refractivity contribution in [2.45, 2.75) is 25.3 Å². The zero-order chi connectivity index (χ0) is 13.0. The van der Waals surface area contributed by atoms with E-state index in [2.05, 4.69) is 10.6 Å². The van der Waals surface area contributed by atoms with Gasteiger partial charge in [-0.2, -0.15) is 0 Å². The van der Waals surface area contributed by atoms with Crippen molar-refractivity contribution >= 4 is 29.9 Å². The van der Waals surface area contributed by atoms with E-state index in [-0.39, 0.29) is 36.7 Å². The predicted molar refractivity (Wildman–Crippen MR) is 76.2 cm³/mol. The lowest BCUT2D eigenvalue weighted by atomic mass is 10.1. The van der Waals surface area contributed by atoms with E-state index in [9.17, 15) is 9.59 Å². The molecule has 1 unspecified atom stereocenters. The van der Waals surface area contributed by atoms with Crippen LogP contribution < -0.4 is 16.4 Å². The molecule has 1 fully saturated rings. The van der Waals surface area contributed by atoms with Crippen molar-refractivity contribution in [3.05, 3.63) is 29.8 Å². The second-order valence-corrected chi connectivity index (χ2v) is 4.48. The standard InChI is InChI=1S/C13H17N3O2.ClH/c14-12(17)8-9-3-5-10(6-4-9)16-13(18)11-2-1-7-15-11;/h3-6,11,15H,1-2,7-8H2,(H2,14,17)(H,16,18);1H. The van der Waals surface area contributed by atoms with E-state index in [1.807, 2.05) is 0 Å². The fraction of sp³-hybridized carbons (Fsp3) is 0.385. The fourth-order valence-electron chi connectivity index (χ4n) is 2.04. The summed E-state index contributed by atoms with van der Waals surface area (Å²) in [5.74, 6) is -0.364. The first-order valence-electron chi connectivity index (χ1n) is 6.06. The fourth-order valence-corrected chi connectivity index (χ4v) is 2.04. The number of hydrogen-bond acceptors (Lipinski definition) is 3. The third-order valence-corrected chi connectivity index (χ3v) is 2.98. The van der Waals surface area contributed by atoms with Gasteiger partial charge in [-0.05, 0) is 37.1 Å². The van der Waals surface area contributed by atoms with Gasteiger partial charge >= 0.3 is 0 Å². The molecule has 1 saturated heterocycles. The van der Waals surface area contributed by atoms with Gasteiger partial charge < -0.3 is 16.4 Å². The number of benzene rings is 1. The number of nitrogens with two attached hydrogens (primary N) is 1. The summed E-state index contributed by atoms with van der Waals surface area (Å²) in [5, 5.41) is 5.99. The lowest BCUT2D eigenvalue weighted by Crippen LogP contribution is -2.35. The Balaban J connectivity index is 0.00000180. The Morgan fingerprint density at radius 1 is 1.32 bits per heavy atom. The molecule has 0 aromatic heterocycles. The summed E-state index contributed by atoms with van der Waals surface area (Å²) in [7, 11) is 0. The number of amides is 2. The van der Waals surface area contributed by atoms with Crippen molar-refractivity contribution in [3.63, 3.8) is 0 Å². The number of primary amides is 1. The van der Waals surface area contributed by atoms with Crippen LogP contribution in [0.1, 0.15) is 18.4 Å². The molecule has 1 atom stereocenters. The minimum atomic E-state index is -0.359. The van der Waals surface area contributed by atoms with Gasteiger partial charge in [-0.1, -0.05) is 12.1 Å². The Kier molecular flexibility index (Phi) is 5.79. The van der Waals surface area contributed by atoms with Crippen LogP contribution in [0.15, 0.2) is 24.3 Å². The first-order chi connectivity index (χ1) is 8.65. The highest BCUT2D eigenvalue weighted by atomic mass is 35.5. The molecule has 1 heterocycles. The zero-order valence-corrected chi connectivity index (χ0v) is 11.3. The highest BCUT2D eigenvalue weighted by Gasteiger charge is 2.21. The zero-order valence-electron chi connectivity index (χ0n) is 10.5. The molecule has 1 aliphatic rings. The number of hydrogen-bond donors (Lipinski definition) is 3. The van der Waals surface area contributed by atoms with Crippen LogP contribution in [0.2, 0.25) is 0 Å². The van der Waals surface area contributed by atoms with E-state index >= 15 is 0 Å². The number of carbonyl (C=O) groups excluding carboxylic acids is 2. The Bertz CT molecular complexity index is 442. The molecule has 1 aromatic rings. The maximum Gasteiger partial charge on any atom is 0.241 e. The largest absolute Gasteiger partial charge is 0.369 e. The van der Waals surface area contributed by atoms with Crippen LogP contribution >= 0.6 is 12.4 Å². The maximum absolute atomic E-state index is 11.8. The van der Waals surface area contributed by atoms with E-state index in [4.69, 9.17) is 5.73 Å². The SMILES string of the molecule is Cl.NC(=O)Cc1ccc(NC(=O)C2CCCN2)cc1. The Morgan fingerprint density at radius 3 is 2.53 bits per heavy atom. The van der Waals surface area contributed by atoms with Crippen molar-refractivity contribution in [1.29, 1.82) is 0 Å². The molecule has 2 rings (SSSR count). The molecule has 1 aromatic carbocycles. The van der Waals surface area contributed by atoms with Crippen LogP contribution in [0.3, 0.4) is 0 Å². The average molecular weight is 284 g/mol. The Hall–Kier alpha value is -1.59. The summed E-state index contributed by atoms with van der Waals surface area (Å²) in [6, 6.07) is 7.07. The van der Waals surface area contributed by atoms with Gasteiger partial charge in [0.15, 0.2) is 0 Å². The third-order valence-electron chi connectivity index (χ3n) is 2.98. The minimum absolute atomic E-state index is 0. The number of carbonyl (C=O) groups is 2. The normalized spacial score (nSPS) is 17.6. The van der Waals surface area contributed by atoms with Crippen LogP contribution in [-0.2, 0) is 16.0 Å². The molecule has 6 heteroatoms. The predicted octanol–water partition coefficient (Wildman–Crippen LogP) is 0.827. The summed E-state index contributed by atoms with van der Waals surface area (Å²) in [6.45, 7) is 0.898. The highest BCUT2D eigenvalue weighted by molar-refractivity contribution is 5.95. The molecule has 4 N–H and O–H groups in total. The lowest BCUT2D eigenvalue weighted by Gasteiger charge is -2.11. The van der Waals surface area contributed by atoms with Gasteiger partial charge in [-0.15, -0.1) is 12.4 Å². The second-order valence-electron chi connectivity index (χ2n) is 4.48. The van der Waals surface area contributed by atoms with Crippen molar-refractivity contribution in [2.75, 3.05) is 11.9 Å². The molecule has 104 valence electrons. The first kappa shape index (κ1) is 15.5. The molecule has 0 aliphatic carbocycles. The first-order valence-corrected chi connectivity index (χ1v) is 6.06. The monoisotopic (exact) mass is 283 g/mol. The van der Waals surface area contributed by atoms with Gasteiger partial charge in [-0.25, -0.2) is 0 Å². The van der Waals surface area contributed by atoms with E-state index in [0.717, 1.165) is 30.6 Å². The molecule has 5 nitrogen and oxygen atoms in total. The maximum atomic E-state index is 11.8. The van der Waals surface area contributed by atoms with E-state index < -0.39 is 0 Å². The van der Waals surface area contributed by atoms with Crippen LogP contribution in [-0.4, -0.2) is 24.4 Å². The van der Waals surface area contributed by atoms with Crippen LogP contribution in [0.4, 0.5) is 5.69 Å². The third kappa shape index (κ3) is 4.54. The van der Waals surface area contributed by atoms with Crippen LogP contribution in [0, 0.1) is 0 Å². The molecule has 1 aliphatic heterocycles. The van der Waals surface area contributed by atoms with Gasteiger partial charge in [0.25, 0.3) is 0 Å². The van der Waals surface area contributed by atoms with Gasteiger partial charge in [0.05, 0.1) is 12.5 Å². The topological polar surface area (TPSA) is 84.2 Å². The Labute approximate surface area is 118 Å². The number of rotatable bonds is 4. The molecule has 19 heavy (non-hydrogen) atoms. The summed E-state index contributed by atoms with van der Waals surface area (Å²) in [6.07, 6.45) is 2.14. The number of halogens is 1. The summed E-state index contributed by atoms with van der Waals surface area (Å²) in [5.41, 5.74) is 6.69. The summed E-state index contributed by atoms with van der Waals surface area (Å²) >= 11 is 0. The van der Waals surface area contributed by atoms with Crippen molar-refractivity contribution < 1.29 is 9.59 Å². The average Bonchev–Trinajstić information content (AvgIpc) is 2.84. The Morgan fingerprint density at radius 2 is 2.00 bits per heavy atom. The molecule has 0 spiro atoms. The smallest absolute Gasteiger partial charge is 0.241 e. The molecule has 0 bridgehead atoms. The van der Waals surface area contributed by atoms with Crippen molar-refractivity contribution in [2.24, 2.45) is 5.73 Å². The summed E-state index contributed by atoms with van der Waals surface area (Å²) in [4.78, 5) is 22.6. The molecular formula is C13H18ClN3O2. The van der Waals surface area contributed by atoms with E-state index in [1.165, 1.54) is 0 Å². The van der Waals surface area contributed by atoms with Crippen molar-refractivity contribution in [3.8, 4) is 0 Å². The second kappa shape index (κ2) is 7.11. The molecule has 0 saturated carbocycles. The number of nitrogens with one attached hydrogen (secondary N) is 2.